The first-order valence-corrected chi connectivity index (χ1v) is 8.10. The quantitative estimate of drug-likeness (QED) is 0.720. The van der Waals surface area contributed by atoms with Crippen molar-refractivity contribution in [3.05, 3.63) is 65.3 Å². The molecule has 0 bridgehead atoms. The van der Waals surface area contributed by atoms with Gasteiger partial charge in [-0.25, -0.2) is 0 Å². The van der Waals surface area contributed by atoms with E-state index >= 15 is 0 Å². The molecule has 0 fully saturated rings. The summed E-state index contributed by atoms with van der Waals surface area (Å²) in [4.78, 5) is 24.3. The molecule has 0 saturated heterocycles. The smallest absolute Gasteiger partial charge is 0.181 e. The monoisotopic (exact) mass is 308 g/mol. The number of Topliss-reactive ketones (excluding diaryl/α,β-unsaturated/α-hetero) is 1. The van der Waals surface area contributed by atoms with Crippen LogP contribution in [0.25, 0.3) is 5.57 Å². The number of carbonyl (C=O) groups is 2. The minimum atomic E-state index is -0.173. The maximum Gasteiger partial charge on any atom is 0.181 e. The van der Waals surface area contributed by atoms with Gasteiger partial charge in [0.2, 0.25) is 0 Å². The van der Waals surface area contributed by atoms with Gasteiger partial charge >= 0.3 is 0 Å². The lowest BCUT2D eigenvalue weighted by molar-refractivity contribution is -0.116. The fourth-order valence-corrected chi connectivity index (χ4v) is 2.81. The number of carbonyl (C=O) groups excluding carboxylic acids is 2. The molecule has 0 unspecified atom stereocenters. The van der Waals surface area contributed by atoms with E-state index in [2.05, 4.69) is 52.5 Å². The molecule has 0 heterocycles. The van der Waals surface area contributed by atoms with Crippen molar-refractivity contribution < 1.29 is 9.59 Å². The van der Waals surface area contributed by atoms with Crippen molar-refractivity contribution in [1.29, 1.82) is 0 Å². The SMILES string of the molecule is C=CC(=O)C1=CC=C(c2cc(C(C)C)ccc2C(C)C)C(=O)C1. The molecule has 0 aromatic heterocycles. The number of hydrogen-bond acceptors (Lipinski definition) is 2. The van der Waals surface area contributed by atoms with E-state index in [0.717, 1.165) is 5.56 Å². The third kappa shape index (κ3) is 3.58. The van der Waals surface area contributed by atoms with E-state index in [-0.39, 0.29) is 18.0 Å². The van der Waals surface area contributed by atoms with Crippen LogP contribution in [-0.4, -0.2) is 11.6 Å². The molecule has 23 heavy (non-hydrogen) atoms. The molecule has 1 aliphatic carbocycles. The Kier molecular flexibility index (Phi) is 5.15. The van der Waals surface area contributed by atoms with Gasteiger partial charge in [0.1, 0.15) is 0 Å². The average molecular weight is 308 g/mol. The zero-order valence-corrected chi connectivity index (χ0v) is 14.3. The Morgan fingerprint density at radius 1 is 1.13 bits per heavy atom. The van der Waals surface area contributed by atoms with Crippen LogP contribution in [0.15, 0.2) is 48.6 Å². The van der Waals surface area contributed by atoms with Gasteiger partial charge in [0.25, 0.3) is 0 Å². The van der Waals surface area contributed by atoms with Gasteiger partial charge < -0.3 is 0 Å². The topological polar surface area (TPSA) is 34.1 Å². The van der Waals surface area contributed by atoms with Crippen molar-refractivity contribution in [2.24, 2.45) is 0 Å². The van der Waals surface area contributed by atoms with Gasteiger partial charge in [-0.1, -0.05) is 64.6 Å². The average Bonchev–Trinajstić information content (AvgIpc) is 2.53. The van der Waals surface area contributed by atoms with Gasteiger partial charge in [0, 0.05) is 17.6 Å². The summed E-state index contributed by atoms with van der Waals surface area (Å²) in [6, 6.07) is 6.38. The number of ketones is 2. The van der Waals surface area contributed by atoms with Crippen LogP contribution in [0.4, 0.5) is 0 Å². The summed E-state index contributed by atoms with van der Waals surface area (Å²) in [7, 11) is 0. The normalized spacial score (nSPS) is 14.8. The van der Waals surface area contributed by atoms with Crippen LogP contribution < -0.4 is 0 Å². The van der Waals surface area contributed by atoms with E-state index in [1.807, 2.05) is 0 Å². The Labute approximate surface area is 138 Å². The van der Waals surface area contributed by atoms with Crippen LogP contribution in [0.2, 0.25) is 0 Å². The first-order chi connectivity index (χ1) is 10.8. The summed E-state index contributed by atoms with van der Waals surface area (Å²) in [6.45, 7) is 12.0. The second-order valence-electron chi connectivity index (χ2n) is 6.60. The molecule has 0 aliphatic heterocycles. The van der Waals surface area contributed by atoms with E-state index < -0.39 is 0 Å². The van der Waals surface area contributed by atoms with Gasteiger partial charge in [-0.15, -0.1) is 0 Å². The fraction of sp³-hybridized carbons (Fsp3) is 0.333. The highest BCUT2D eigenvalue weighted by Gasteiger charge is 2.23. The molecule has 0 radical (unpaired) electrons. The van der Waals surface area contributed by atoms with Gasteiger partial charge in [0.15, 0.2) is 11.6 Å². The molecule has 0 amide bonds. The minimum absolute atomic E-state index is 0.000469. The molecule has 2 nitrogen and oxygen atoms in total. The van der Waals surface area contributed by atoms with Crippen LogP contribution >= 0.6 is 0 Å². The van der Waals surface area contributed by atoms with Crippen LogP contribution in [0, 0.1) is 0 Å². The Bertz CT molecular complexity index is 715. The van der Waals surface area contributed by atoms with E-state index in [4.69, 9.17) is 0 Å². The van der Waals surface area contributed by atoms with Crippen molar-refractivity contribution in [3.8, 4) is 0 Å². The van der Waals surface area contributed by atoms with Crippen LogP contribution in [-0.2, 0) is 9.59 Å². The maximum atomic E-state index is 12.6. The molecule has 1 aliphatic rings. The van der Waals surface area contributed by atoms with Crippen molar-refractivity contribution in [3.63, 3.8) is 0 Å². The summed E-state index contributed by atoms with van der Waals surface area (Å²) in [5.74, 6) is 0.567. The molecular weight excluding hydrogens is 284 g/mol. The van der Waals surface area contributed by atoms with Crippen molar-refractivity contribution in [1.82, 2.24) is 0 Å². The highest BCUT2D eigenvalue weighted by Crippen LogP contribution is 2.32. The lowest BCUT2D eigenvalue weighted by atomic mass is 9.83. The molecule has 120 valence electrons. The molecule has 0 N–H and O–H groups in total. The summed E-state index contributed by atoms with van der Waals surface area (Å²) in [5, 5.41) is 0. The second kappa shape index (κ2) is 6.91. The summed E-state index contributed by atoms with van der Waals surface area (Å²) in [6.07, 6.45) is 4.96. The largest absolute Gasteiger partial charge is 0.294 e. The third-order valence-corrected chi connectivity index (χ3v) is 4.26. The fourth-order valence-electron chi connectivity index (χ4n) is 2.81. The molecule has 1 aromatic rings. The second-order valence-corrected chi connectivity index (χ2v) is 6.60. The first-order valence-electron chi connectivity index (χ1n) is 8.10. The number of hydrogen-bond donors (Lipinski definition) is 0. The Morgan fingerprint density at radius 2 is 1.83 bits per heavy atom. The molecule has 1 aromatic carbocycles. The lowest BCUT2D eigenvalue weighted by Crippen LogP contribution is -2.13. The van der Waals surface area contributed by atoms with Gasteiger partial charge in [-0.3, -0.25) is 9.59 Å². The molecule has 2 rings (SSSR count). The predicted molar refractivity (Wildman–Crippen MR) is 95.5 cm³/mol. The molecule has 0 atom stereocenters. The van der Waals surface area contributed by atoms with E-state index in [1.54, 1.807) is 12.2 Å². The van der Waals surface area contributed by atoms with Crippen molar-refractivity contribution in [2.75, 3.05) is 0 Å². The van der Waals surface area contributed by atoms with Gasteiger partial charge in [0.05, 0.1) is 0 Å². The molecule has 0 spiro atoms. The lowest BCUT2D eigenvalue weighted by Gasteiger charge is -2.20. The molecular formula is C21H24O2. The van der Waals surface area contributed by atoms with Crippen LogP contribution in [0.1, 0.15) is 62.6 Å². The van der Waals surface area contributed by atoms with Crippen molar-refractivity contribution in [2.45, 2.75) is 46.0 Å². The van der Waals surface area contributed by atoms with E-state index in [9.17, 15) is 9.59 Å². The standard InChI is InChI=1S/C21H24O2/c1-6-20(22)16-8-10-18(21(23)12-16)19-11-15(13(2)3)7-9-17(19)14(4)5/h6-11,13-14H,1,12H2,2-5H3. The number of rotatable bonds is 5. The zero-order valence-electron chi connectivity index (χ0n) is 14.3. The van der Waals surface area contributed by atoms with E-state index in [0.29, 0.717) is 23.0 Å². The number of benzene rings is 1. The Hall–Kier alpha value is -2.22. The number of allylic oxidation sites excluding steroid dienone is 5. The predicted octanol–water partition coefficient (Wildman–Crippen LogP) is 4.97. The zero-order chi connectivity index (χ0) is 17.1. The Morgan fingerprint density at radius 3 is 2.35 bits per heavy atom. The third-order valence-electron chi connectivity index (χ3n) is 4.26. The molecule has 0 saturated carbocycles. The summed E-state index contributed by atoms with van der Waals surface area (Å²) < 4.78 is 0. The highest BCUT2D eigenvalue weighted by molar-refractivity contribution is 6.26. The van der Waals surface area contributed by atoms with Gasteiger partial charge in [-0.05, 0) is 34.6 Å². The van der Waals surface area contributed by atoms with Gasteiger partial charge in [-0.2, -0.15) is 0 Å². The molecule has 2 heteroatoms. The van der Waals surface area contributed by atoms with E-state index in [1.165, 1.54) is 17.2 Å². The minimum Gasteiger partial charge on any atom is -0.294 e. The Balaban J connectivity index is 2.56. The maximum absolute atomic E-state index is 12.6. The summed E-state index contributed by atoms with van der Waals surface area (Å²) >= 11 is 0. The van der Waals surface area contributed by atoms with Crippen LogP contribution in [0.5, 0.6) is 0 Å². The first kappa shape index (κ1) is 17.1. The summed E-state index contributed by atoms with van der Waals surface area (Å²) in [5.41, 5.74) is 4.60. The highest BCUT2D eigenvalue weighted by atomic mass is 16.1. The van der Waals surface area contributed by atoms with Crippen molar-refractivity contribution >= 4 is 17.1 Å². The van der Waals surface area contributed by atoms with Crippen LogP contribution in [0.3, 0.4) is 0 Å².